The number of rotatable bonds is 5. The van der Waals surface area contributed by atoms with E-state index in [-0.39, 0.29) is 12.1 Å². The lowest BCUT2D eigenvalue weighted by atomic mass is 9.77. The van der Waals surface area contributed by atoms with Crippen molar-refractivity contribution in [3.05, 3.63) is 18.2 Å². The molecule has 4 nitrogen and oxygen atoms in total. The van der Waals surface area contributed by atoms with Crippen LogP contribution < -0.4 is 10.1 Å². The molecule has 1 aromatic heterocycles. The van der Waals surface area contributed by atoms with Gasteiger partial charge < -0.3 is 15.2 Å². The Labute approximate surface area is 115 Å². The minimum Gasteiger partial charge on any atom is -0.478 e. The van der Waals surface area contributed by atoms with Crippen molar-refractivity contribution in [2.75, 3.05) is 18.5 Å². The van der Waals surface area contributed by atoms with E-state index in [0.29, 0.717) is 12.5 Å². The first-order valence-corrected chi connectivity index (χ1v) is 7.16. The topological polar surface area (TPSA) is 54.4 Å². The number of aliphatic hydroxyl groups is 1. The van der Waals surface area contributed by atoms with E-state index < -0.39 is 0 Å². The summed E-state index contributed by atoms with van der Waals surface area (Å²) in [6.45, 7) is 4.98. The fourth-order valence-electron chi connectivity index (χ4n) is 2.62. The van der Waals surface area contributed by atoms with Crippen LogP contribution in [-0.4, -0.2) is 28.8 Å². The Kier molecular flexibility index (Phi) is 4.64. The van der Waals surface area contributed by atoms with Crippen LogP contribution in [0.4, 0.5) is 5.82 Å². The van der Waals surface area contributed by atoms with Gasteiger partial charge in [0.15, 0.2) is 0 Å². The Morgan fingerprint density at radius 1 is 1.42 bits per heavy atom. The third-order valence-electron chi connectivity index (χ3n) is 3.94. The SMILES string of the molecule is CCOc1cccc(NC2(CO)CCC(C)CC2)n1. The number of hydrogen-bond donors (Lipinski definition) is 2. The van der Waals surface area contributed by atoms with Crippen molar-refractivity contribution in [1.82, 2.24) is 4.98 Å². The van der Waals surface area contributed by atoms with Gasteiger partial charge in [-0.2, -0.15) is 4.98 Å². The van der Waals surface area contributed by atoms with Crippen LogP contribution in [0, 0.1) is 5.92 Å². The first kappa shape index (κ1) is 14.1. The number of hydrogen-bond acceptors (Lipinski definition) is 4. The second-order valence-electron chi connectivity index (χ2n) is 5.54. The molecule has 0 spiro atoms. The second-order valence-corrected chi connectivity index (χ2v) is 5.54. The molecule has 106 valence electrons. The molecule has 0 aliphatic heterocycles. The minimum absolute atomic E-state index is 0.153. The molecule has 1 fully saturated rings. The van der Waals surface area contributed by atoms with Crippen LogP contribution >= 0.6 is 0 Å². The lowest BCUT2D eigenvalue weighted by molar-refractivity contribution is 0.155. The molecule has 0 amide bonds. The van der Waals surface area contributed by atoms with Gasteiger partial charge in [-0.1, -0.05) is 13.0 Å². The van der Waals surface area contributed by atoms with Gasteiger partial charge in [0.05, 0.1) is 18.8 Å². The Morgan fingerprint density at radius 2 is 2.16 bits per heavy atom. The first-order chi connectivity index (χ1) is 9.17. The smallest absolute Gasteiger partial charge is 0.215 e. The van der Waals surface area contributed by atoms with E-state index in [9.17, 15) is 5.11 Å². The van der Waals surface area contributed by atoms with Gasteiger partial charge in [-0.25, -0.2) is 0 Å². The van der Waals surface area contributed by atoms with E-state index in [0.717, 1.165) is 37.4 Å². The second kappa shape index (κ2) is 6.24. The molecular weight excluding hydrogens is 240 g/mol. The molecule has 0 bridgehead atoms. The standard InChI is InChI=1S/C15H24N2O2/c1-3-19-14-6-4-5-13(16-14)17-15(11-18)9-7-12(2)8-10-15/h4-6,12,18H,3,7-11H2,1-2H3,(H,16,17). The highest BCUT2D eigenvalue weighted by molar-refractivity contribution is 5.40. The molecule has 1 saturated carbocycles. The molecule has 19 heavy (non-hydrogen) atoms. The molecule has 0 radical (unpaired) electrons. The lowest BCUT2D eigenvalue weighted by Gasteiger charge is -2.39. The summed E-state index contributed by atoms with van der Waals surface area (Å²) in [7, 11) is 0. The Balaban J connectivity index is 2.07. The third-order valence-corrected chi connectivity index (χ3v) is 3.94. The quantitative estimate of drug-likeness (QED) is 0.858. The molecular formula is C15H24N2O2. The van der Waals surface area contributed by atoms with Crippen LogP contribution in [-0.2, 0) is 0 Å². The Bertz CT molecular complexity index is 401. The van der Waals surface area contributed by atoms with Crippen LogP contribution in [0.15, 0.2) is 18.2 Å². The summed E-state index contributed by atoms with van der Waals surface area (Å²) in [6.07, 6.45) is 4.29. The van der Waals surface area contributed by atoms with Crippen molar-refractivity contribution in [3.8, 4) is 5.88 Å². The van der Waals surface area contributed by atoms with Crippen LogP contribution in [0.25, 0.3) is 0 Å². The van der Waals surface area contributed by atoms with Crippen LogP contribution in [0.3, 0.4) is 0 Å². The molecule has 2 N–H and O–H groups in total. The summed E-state index contributed by atoms with van der Waals surface area (Å²) < 4.78 is 5.41. The fraction of sp³-hybridized carbons (Fsp3) is 0.667. The normalized spacial score (nSPS) is 27.0. The molecule has 2 rings (SSSR count). The van der Waals surface area contributed by atoms with Crippen LogP contribution in [0.1, 0.15) is 39.5 Å². The highest BCUT2D eigenvalue weighted by Gasteiger charge is 2.33. The van der Waals surface area contributed by atoms with E-state index in [1.807, 2.05) is 25.1 Å². The van der Waals surface area contributed by atoms with Gasteiger partial charge >= 0.3 is 0 Å². The van der Waals surface area contributed by atoms with Crippen LogP contribution in [0.5, 0.6) is 5.88 Å². The van der Waals surface area contributed by atoms with Gasteiger partial charge in [-0.05, 0) is 44.6 Å². The van der Waals surface area contributed by atoms with Gasteiger partial charge in [-0.3, -0.25) is 0 Å². The number of aliphatic hydroxyl groups excluding tert-OH is 1. The van der Waals surface area contributed by atoms with Gasteiger partial charge in [0.1, 0.15) is 5.82 Å². The summed E-state index contributed by atoms with van der Waals surface area (Å²) in [5.41, 5.74) is -0.218. The predicted molar refractivity (Wildman–Crippen MR) is 76.5 cm³/mol. The van der Waals surface area contributed by atoms with E-state index in [2.05, 4.69) is 17.2 Å². The lowest BCUT2D eigenvalue weighted by Crippen LogP contribution is -2.45. The summed E-state index contributed by atoms with van der Waals surface area (Å²) in [5.74, 6) is 2.17. The number of ether oxygens (including phenoxy) is 1. The van der Waals surface area contributed by atoms with E-state index in [1.54, 1.807) is 0 Å². The van der Waals surface area contributed by atoms with Crippen molar-refractivity contribution < 1.29 is 9.84 Å². The predicted octanol–water partition coefficient (Wildman–Crippen LogP) is 2.83. The van der Waals surface area contributed by atoms with Crippen molar-refractivity contribution >= 4 is 5.82 Å². The third kappa shape index (κ3) is 3.60. The maximum Gasteiger partial charge on any atom is 0.215 e. The zero-order valence-electron chi connectivity index (χ0n) is 11.9. The van der Waals surface area contributed by atoms with Gasteiger partial charge in [0.2, 0.25) is 5.88 Å². The van der Waals surface area contributed by atoms with Crippen molar-refractivity contribution in [1.29, 1.82) is 0 Å². The number of nitrogens with one attached hydrogen (secondary N) is 1. The summed E-state index contributed by atoms with van der Waals surface area (Å²) in [4.78, 5) is 4.42. The van der Waals surface area contributed by atoms with E-state index in [4.69, 9.17) is 4.74 Å². The van der Waals surface area contributed by atoms with E-state index >= 15 is 0 Å². The molecule has 0 aromatic carbocycles. The van der Waals surface area contributed by atoms with Crippen molar-refractivity contribution in [3.63, 3.8) is 0 Å². The molecule has 1 aliphatic carbocycles. The molecule has 1 heterocycles. The first-order valence-electron chi connectivity index (χ1n) is 7.16. The molecule has 0 unspecified atom stereocenters. The Morgan fingerprint density at radius 3 is 2.79 bits per heavy atom. The van der Waals surface area contributed by atoms with Gasteiger partial charge in [0, 0.05) is 6.07 Å². The van der Waals surface area contributed by atoms with Gasteiger partial charge in [-0.15, -0.1) is 0 Å². The number of anilines is 1. The zero-order chi connectivity index (χ0) is 13.7. The maximum absolute atomic E-state index is 9.74. The van der Waals surface area contributed by atoms with Crippen molar-refractivity contribution in [2.24, 2.45) is 5.92 Å². The maximum atomic E-state index is 9.74. The largest absolute Gasteiger partial charge is 0.478 e. The van der Waals surface area contributed by atoms with Crippen LogP contribution in [0.2, 0.25) is 0 Å². The minimum atomic E-state index is -0.218. The fourth-order valence-corrected chi connectivity index (χ4v) is 2.62. The Hall–Kier alpha value is -1.29. The molecule has 1 aromatic rings. The molecule has 4 heteroatoms. The van der Waals surface area contributed by atoms with E-state index in [1.165, 1.54) is 0 Å². The summed E-state index contributed by atoms with van der Waals surface area (Å²) in [5, 5.41) is 13.2. The zero-order valence-corrected chi connectivity index (χ0v) is 11.9. The average Bonchev–Trinajstić information content (AvgIpc) is 2.43. The number of aromatic nitrogens is 1. The monoisotopic (exact) mass is 264 g/mol. The molecule has 0 saturated heterocycles. The summed E-state index contributed by atoms with van der Waals surface area (Å²) in [6, 6.07) is 5.71. The molecule has 0 atom stereocenters. The number of nitrogens with zero attached hydrogens (tertiary/aromatic N) is 1. The average molecular weight is 264 g/mol. The number of pyridine rings is 1. The highest BCUT2D eigenvalue weighted by Crippen LogP contribution is 2.34. The van der Waals surface area contributed by atoms with Gasteiger partial charge in [0.25, 0.3) is 0 Å². The highest BCUT2D eigenvalue weighted by atomic mass is 16.5. The summed E-state index contributed by atoms with van der Waals surface area (Å²) >= 11 is 0. The molecule has 1 aliphatic rings. The van der Waals surface area contributed by atoms with Crippen molar-refractivity contribution in [2.45, 2.75) is 45.1 Å².